The number of halogens is 3. The molecule has 0 atom stereocenters. The highest BCUT2D eigenvalue weighted by atomic mass is 19.4. The van der Waals surface area contributed by atoms with Crippen LogP contribution in [0.4, 0.5) is 19.0 Å². The lowest BCUT2D eigenvalue weighted by Gasteiger charge is -2.20. The van der Waals surface area contributed by atoms with Gasteiger partial charge in [0.05, 0.1) is 17.7 Å². The summed E-state index contributed by atoms with van der Waals surface area (Å²) >= 11 is 0. The summed E-state index contributed by atoms with van der Waals surface area (Å²) in [6, 6.07) is 5.30. The normalized spacial score (nSPS) is 14.8. The molecule has 5 nitrogen and oxygen atoms in total. The molecule has 3 rings (SSSR count). The molecule has 2 aromatic rings. The number of hydrogen-bond donors (Lipinski definition) is 2. The van der Waals surface area contributed by atoms with Gasteiger partial charge in [0.25, 0.3) is 0 Å². The lowest BCUT2D eigenvalue weighted by Crippen LogP contribution is -2.32. The fourth-order valence-electron chi connectivity index (χ4n) is 4.12. The molecular weight excluding hydrogens is 405 g/mol. The largest absolute Gasteiger partial charge is 0.416 e. The highest BCUT2D eigenvalue weighted by Crippen LogP contribution is 2.39. The molecule has 1 heterocycles. The molecule has 1 amide bonds. The predicted octanol–water partition coefficient (Wildman–Crippen LogP) is 5.14. The van der Waals surface area contributed by atoms with Gasteiger partial charge >= 0.3 is 6.18 Å². The summed E-state index contributed by atoms with van der Waals surface area (Å²) in [7, 11) is 0. The van der Waals surface area contributed by atoms with E-state index in [4.69, 9.17) is 0 Å². The quantitative estimate of drug-likeness (QED) is 0.633. The lowest BCUT2D eigenvalue weighted by molar-refractivity contribution is -0.137. The third-order valence-corrected chi connectivity index (χ3v) is 5.39. The van der Waals surface area contributed by atoms with E-state index in [1.54, 1.807) is 13.0 Å². The highest BCUT2D eigenvalue weighted by Gasteiger charge is 2.30. The molecular formula is C23H29F3N4O. The minimum Gasteiger partial charge on any atom is -0.366 e. The molecule has 0 saturated heterocycles. The molecule has 0 radical (unpaired) electrons. The van der Waals surface area contributed by atoms with Crippen LogP contribution in [0.15, 0.2) is 24.3 Å². The number of carbonyl (C=O) groups is 1. The number of aryl methyl sites for hydroxylation is 1. The summed E-state index contributed by atoms with van der Waals surface area (Å²) < 4.78 is 39.1. The first-order chi connectivity index (χ1) is 14.6. The number of nitrogens with one attached hydrogen (secondary N) is 2. The van der Waals surface area contributed by atoms with E-state index in [9.17, 15) is 18.0 Å². The van der Waals surface area contributed by atoms with Gasteiger partial charge in [-0.3, -0.25) is 4.79 Å². The fraction of sp³-hybridized carbons (Fsp3) is 0.522. The standard InChI is InChI=1S/C23H29F3N4O/c1-14(2)28-20(31)12-19-21(17-8-4-5-9-17)22(30-15(3)29-19)27-13-16-7-6-10-18(11-16)23(24,25)26/h6-7,10-11,14,17H,4-5,8-9,12-13H2,1-3H3,(H,28,31)(H,27,29,30). The van der Waals surface area contributed by atoms with Crippen LogP contribution in [-0.2, 0) is 23.9 Å². The molecule has 1 fully saturated rings. The summed E-state index contributed by atoms with van der Waals surface area (Å²) in [5.74, 6) is 1.28. The number of hydrogen-bond acceptors (Lipinski definition) is 4. The van der Waals surface area contributed by atoms with E-state index >= 15 is 0 Å². The first-order valence-electron chi connectivity index (χ1n) is 10.7. The van der Waals surface area contributed by atoms with E-state index < -0.39 is 11.7 Å². The summed E-state index contributed by atoms with van der Waals surface area (Å²) in [6.45, 7) is 5.78. The van der Waals surface area contributed by atoms with Gasteiger partial charge in [0.1, 0.15) is 11.6 Å². The zero-order chi connectivity index (χ0) is 22.6. The van der Waals surface area contributed by atoms with Crippen LogP contribution in [0, 0.1) is 6.92 Å². The molecule has 1 aromatic carbocycles. The van der Waals surface area contributed by atoms with Gasteiger partial charge in [-0.05, 0) is 57.2 Å². The molecule has 31 heavy (non-hydrogen) atoms. The maximum Gasteiger partial charge on any atom is 0.416 e. The Hall–Kier alpha value is -2.64. The van der Waals surface area contributed by atoms with Crippen molar-refractivity contribution in [3.8, 4) is 0 Å². The summed E-state index contributed by atoms with van der Waals surface area (Å²) in [6.07, 6.45) is -0.0432. The molecule has 1 aliphatic carbocycles. The van der Waals surface area contributed by atoms with E-state index in [0.29, 0.717) is 22.9 Å². The molecule has 1 aliphatic rings. The second-order valence-corrected chi connectivity index (χ2v) is 8.41. The van der Waals surface area contributed by atoms with Crippen molar-refractivity contribution in [2.45, 2.75) is 77.6 Å². The smallest absolute Gasteiger partial charge is 0.366 e. The molecule has 1 aromatic heterocycles. The van der Waals surface area contributed by atoms with Crippen LogP contribution in [0.1, 0.15) is 73.7 Å². The summed E-state index contributed by atoms with van der Waals surface area (Å²) in [5, 5.41) is 6.13. The average molecular weight is 435 g/mol. The molecule has 1 saturated carbocycles. The monoisotopic (exact) mass is 434 g/mol. The van der Waals surface area contributed by atoms with Crippen LogP contribution in [0.3, 0.4) is 0 Å². The van der Waals surface area contributed by atoms with Crippen LogP contribution in [0.5, 0.6) is 0 Å². The second-order valence-electron chi connectivity index (χ2n) is 8.41. The average Bonchev–Trinajstić information content (AvgIpc) is 3.19. The van der Waals surface area contributed by atoms with E-state index in [1.165, 1.54) is 6.07 Å². The molecule has 168 valence electrons. The van der Waals surface area contributed by atoms with Crippen LogP contribution in [-0.4, -0.2) is 21.9 Å². The Labute approximate surface area is 180 Å². The van der Waals surface area contributed by atoms with Gasteiger partial charge in [0.15, 0.2) is 0 Å². The number of aromatic nitrogens is 2. The minimum absolute atomic E-state index is 0.0314. The first-order valence-corrected chi connectivity index (χ1v) is 10.7. The van der Waals surface area contributed by atoms with Crippen LogP contribution >= 0.6 is 0 Å². The first kappa shape index (κ1) is 23.0. The Balaban J connectivity index is 1.89. The van der Waals surface area contributed by atoms with Gasteiger partial charge in [-0.15, -0.1) is 0 Å². The van der Waals surface area contributed by atoms with E-state index in [1.807, 2.05) is 13.8 Å². The van der Waals surface area contributed by atoms with Gasteiger partial charge < -0.3 is 10.6 Å². The van der Waals surface area contributed by atoms with Crippen LogP contribution in [0.2, 0.25) is 0 Å². The minimum atomic E-state index is -4.38. The number of nitrogens with zero attached hydrogens (tertiary/aromatic N) is 2. The third kappa shape index (κ3) is 6.18. The van der Waals surface area contributed by atoms with E-state index in [-0.39, 0.29) is 30.8 Å². The molecule has 0 unspecified atom stereocenters. The van der Waals surface area contributed by atoms with Crippen molar-refractivity contribution in [2.24, 2.45) is 0 Å². The van der Waals surface area contributed by atoms with Crippen molar-refractivity contribution in [3.05, 3.63) is 52.5 Å². The molecule has 8 heteroatoms. The number of benzene rings is 1. The SMILES string of the molecule is Cc1nc(CC(=O)NC(C)C)c(C2CCCC2)c(NCc2cccc(C(F)(F)F)c2)n1. The van der Waals surface area contributed by atoms with E-state index in [2.05, 4.69) is 20.6 Å². The maximum atomic E-state index is 13.0. The summed E-state index contributed by atoms with van der Waals surface area (Å²) in [4.78, 5) is 21.5. The van der Waals surface area contributed by atoms with Crippen molar-refractivity contribution in [2.75, 3.05) is 5.32 Å². The zero-order valence-corrected chi connectivity index (χ0v) is 18.1. The number of rotatable bonds is 7. The Morgan fingerprint density at radius 3 is 2.55 bits per heavy atom. The Morgan fingerprint density at radius 1 is 1.19 bits per heavy atom. The molecule has 0 bridgehead atoms. The van der Waals surface area contributed by atoms with Crippen LogP contribution in [0.25, 0.3) is 0 Å². The topological polar surface area (TPSA) is 66.9 Å². The predicted molar refractivity (Wildman–Crippen MR) is 114 cm³/mol. The molecule has 0 spiro atoms. The van der Waals surface area contributed by atoms with E-state index in [0.717, 1.165) is 43.4 Å². The van der Waals surface area contributed by atoms with Gasteiger partial charge in [0, 0.05) is 18.2 Å². The third-order valence-electron chi connectivity index (χ3n) is 5.39. The second kappa shape index (κ2) is 9.66. The lowest BCUT2D eigenvalue weighted by atomic mass is 9.94. The maximum absolute atomic E-state index is 13.0. The Kier molecular flexibility index (Phi) is 7.18. The van der Waals surface area contributed by atoms with Gasteiger partial charge in [0.2, 0.25) is 5.91 Å². The molecule has 0 aliphatic heterocycles. The number of carbonyl (C=O) groups excluding carboxylic acids is 1. The van der Waals surface area contributed by atoms with Crippen molar-refractivity contribution in [1.82, 2.24) is 15.3 Å². The molecule has 2 N–H and O–H groups in total. The van der Waals surface area contributed by atoms with Crippen molar-refractivity contribution < 1.29 is 18.0 Å². The number of alkyl halides is 3. The highest BCUT2D eigenvalue weighted by molar-refractivity contribution is 5.79. The van der Waals surface area contributed by atoms with Crippen molar-refractivity contribution in [3.63, 3.8) is 0 Å². The van der Waals surface area contributed by atoms with Gasteiger partial charge in [-0.25, -0.2) is 9.97 Å². The van der Waals surface area contributed by atoms with Gasteiger partial charge in [-0.2, -0.15) is 13.2 Å². The van der Waals surface area contributed by atoms with Crippen LogP contribution < -0.4 is 10.6 Å². The summed E-state index contributed by atoms with van der Waals surface area (Å²) in [5.41, 5.74) is 1.47. The van der Waals surface area contributed by atoms with Gasteiger partial charge in [-0.1, -0.05) is 25.0 Å². The van der Waals surface area contributed by atoms with Crippen molar-refractivity contribution >= 4 is 11.7 Å². The number of anilines is 1. The Bertz CT molecular complexity index is 922. The Morgan fingerprint density at radius 2 is 1.90 bits per heavy atom. The zero-order valence-electron chi connectivity index (χ0n) is 18.1. The number of amides is 1. The van der Waals surface area contributed by atoms with Crippen molar-refractivity contribution in [1.29, 1.82) is 0 Å². The fourth-order valence-corrected chi connectivity index (χ4v) is 4.12.